The van der Waals surface area contributed by atoms with Gasteiger partial charge in [0.05, 0.1) is 5.52 Å². The zero-order chi connectivity index (χ0) is 16.5. The standard InChI is InChI=1S/C19H18N4O/c1-2-23-11-16-15-9-8-14(24-12-13-6-4-3-5-7-13)10-17(15)21-19(20)18(16)22-23/h3-11H,2,12H2,1H3,(H2,20,21). The average molecular weight is 318 g/mol. The molecule has 0 atom stereocenters. The molecule has 4 aromatic rings. The first-order chi connectivity index (χ1) is 11.7. The maximum absolute atomic E-state index is 6.08. The van der Waals surface area contributed by atoms with Gasteiger partial charge in [0.15, 0.2) is 5.82 Å². The van der Waals surface area contributed by atoms with Crippen molar-refractivity contribution >= 4 is 27.6 Å². The Bertz CT molecular complexity index is 1010. The molecule has 24 heavy (non-hydrogen) atoms. The second kappa shape index (κ2) is 5.85. The van der Waals surface area contributed by atoms with Crippen molar-refractivity contribution in [2.75, 3.05) is 5.73 Å². The molecule has 0 saturated carbocycles. The van der Waals surface area contributed by atoms with Gasteiger partial charge in [-0.2, -0.15) is 5.10 Å². The largest absolute Gasteiger partial charge is 0.489 e. The number of aryl methyl sites for hydroxylation is 1. The number of ether oxygens (including phenoxy) is 1. The minimum Gasteiger partial charge on any atom is -0.489 e. The Labute approximate surface area is 139 Å². The summed E-state index contributed by atoms with van der Waals surface area (Å²) < 4.78 is 7.75. The molecule has 2 aromatic carbocycles. The number of aromatic nitrogens is 3. The van der Waals surface area contributed by atoms with Gasteiger partial charge in [-0.25, -0.2) is 4.98 Å². The summed E-state index contributed by atoms with van der Waals surface area (Å²) in [7, 11) is 0. The first-order valence-corrected chi connectivity index (χ1v) is 7.97. The van der Waals surface area contributed by atoms with Gasteiger partial charge >= 0.3 is 0 Å². The van der Waals surface area contributed by atoms with Crippen LogP contribution in [0.1, 0.15) is 12.5 Å². The lowest BCUT2D eigenvalue weighted by Gasteiger charge is -2.08. The average Bonchev–Trinajstić information content (AvgIpc) is 3.06. The van der Waals surface area contributed by atoms with E-state index in [-0.39, 0.29) is 0 Å². The molecule has 0 spiro atoms. The van der Waals surface area contributed by atoms with Crippen molar-refractivity contribution in [1.82, 2.24) is 14.8 Å². The molecular formula is C19H18N4O. The highest BCUT2D eigenvalue weighted by Crippen LogP contribution is 2.29. The van der Waals surface area contributed by atoms with Crippen LogP contribution in [0.2, 0.25) is 0 Å². The highest BCUT2D eigenvalue weighted by molar-refractivity contribution is 6.08. The number of rotatable bonds is 4. The first-order valence-electron chi connectivity index (χ1n) is 7.97. The van der Waals surface area contributed by atoms with Crippen molar-refractivity contribution in [3.05, 3.63) is 60.3 Å². The number of fused-ring (bicyclic) bond motifs is 3. The zero-order valence-electron chi connectivity index (χ0n) is 13.4. The van der Waals surface area contributed by atoms with Crippen molar-refractivity contribution in [2.24, 2.45) is 0 Å². The van der Waals surface area contributed by atoms with E-state index >= 15 is 0 Å². The van der Waals surface area contributed by atoms with E-state index < -0.39 is 0 Å². The molecular weight excluding hydrogens is 300 g/mol. The van der Waals surface area contributed by atoms with E-state index in [0.717, 1.165) is 39.7 Å². The van der Waals surface area contributed by atoms with Crippen LogP contribution in [0.25, 0.3) is 21.8 Å². The molecule has 2 N–H and O–H groups in total. The van der Waals surface area contributed by atoms with E-state index in [1.165, 1.54) is 0 Å². The molecule has 0 aliphatic carbocycles. The quantitative estimate of drug-likeness (QED) is 0.622. The van der Waals surface area contributed by atoms with Crippen LogP contribution in [-0.4, -0.2) is 14.8 Å². The Hall–Kier alpha value is -3.08. The van der Waals surface area contributed by atoms with Crippen LogP contribution >= 0.6 is 0 Å². The molecule has 0 radical (unpaired) electrons. The van der Waals surface area contributed by atoms with Gasteiger partial charge in [0.2, 0.25) is 0 Å². The fourth-order valence-electron chi connectivity index (χ4n) is 2.81. The normalized spacial score (nSPS) is 11.2. The summed E-state index contributed by atoms with van der Waals surface area (Å²) in [5.41, 5.74) is 8.78. The Morgan fingerprint density at radius 1 is 1.08 bits per heavy atom. The van der Waals surface area contributed by atoms with E-state index in [1.54, 1.807) is 0 Å². The summed E-state index contributed by atoms with van der Waals surface area (Å²) in [6, 6.07) is 16.0. The lowest BCUT2D eigenvalue weighted by molar-refractivity contribution is 0.306. The number of nitrogens with two attached hydrogens (primary N) is 1. The number of pyridine rings is 1. The van der Waals surface area contributed by atoms with Crippen molar-refractivity contribution in [3.8, 4) is 5.75 Å². The second-order valence-corrected chi connectivity index (χ2v) is 5.70. The highest BCUT2D eigenvalue weighted by Gasteiger charge is 2.11. The Morgan fingerprint density at radius 2 is 1.92 bits per heavy atom. The van der Waals surface area contributed by atoms with Crippen LogP contribution < -0.4 is 10.5 Å². The Morgan fingerprint density at radius 3 is 2.71 bits per heavy atom. The van der Waals surface area contributed by atoms with E-state index in [4.69, 9.17) is 10.5 Å². The van der Waals surface area contributed by atoms with Gasteiger partial charge in [0.1, 0.15) is 17.9 Å². The SMILES string of the molecule is CCn1cc2c(n1)c(N)nc1cc(OCc3ccccc3)ccc12. The van der Waals surface area contributed by atoms with Gasteiger partial charge in [-0.05, 0) is 24.6 Å². The summed E-state index contributed by atoms with van der Waals surface area (Å²) in [5, 5.41) is 6.53. The van der Waals surface area contributed by atoms with Crippen molar-refractivity contribution in [3.63, 3.8) is 0 Å². The summed E-state index contributed by atoms with van der Waals surface area (Å²) in [6.45, 7) is 3.37. The topological polar surface area (TPSA) is 66.0 Å². The molecule has 4 rings (SSSR count). The molecule has 0 fully saturated rings. The third-order valence-electron chi connectivity index (χ3n) is 4.08. The van der Waals surface area contributed by atoms with Crippen molar-refractivity contribution in [1.29, 1.82) is 0 Å². The molecule has 0 aliphatic rings. The number of hydrogen-bond acceptors (Lipinski definition) is 4. The van der Waals surface area contributed by atoms with E-state index in [0.29, 0.717) is 12.4 Å². The highest BCUT2D eigenvalue weighted by atomic mass is 16.5. The van der Waals surface area contributed by atoms with Crippen LogP contribution in [-0.2, 0) is 13.2 Å². The molecule has 5 heteroatoms. The molecule has 2 heterocycles. The van der Waals surface area contributed by atoms with E-state index in [2.05, 4.69) is 10.1 Å². The molecule has 2 aromatic heterocycles. The van der Waals surface area contributed by atoms with Crippen molar-refractivity contribution in [2.45, 2.75) is 20.1 Å². The number of nitrogen functional groups attached to an aromatic ring is 1. The molecule has 0 aliphatic heterocycles. The van der Waals surface area contributed by atoms with Crippen LogP contribution in [0.5, 0.6) is 5.75 Å². The molecule has 0 bridgehead atoms. The Balaban J connectivity index is 1.71. The monoisotopic (exact) mass is 318 g/mol. The Kier molecular flexibility index (Phi) is 3.54. The van der Waals surface area contributed by atoms with Gasteiger partial charge in [0, 0.05) is 29.6 Å². The lowest BCUT2D eigenvalue weighted by Crippen LogP contribution is -1.97. The predicted molar refractivity (Wildman–Crippen MR) is 95.9 cm³/mol. The van der Waals surface area contributed by atoms with Crippen LogP contribution in [0.15, 0.2) is 54.7 Å². The molecule has 0 saturated heterocycles. The number of anilines is 1. The fraction of sp³-hybridized carbons (Fsp3) is 0.158. The van der Waals surface area contributed by atoms with Gasteiger partial charge in [-0.15, -0.1) is 0 Å². The molecule has 120 valence electrons. The maximum atomic E-state index is 6.08. The van der Waals surface area contributed by atoms with E-state index in [1.807, 2.05) is 66.3 Å². The number of benzene rings is 2. The van der Waals surface area contributed by atoms with Crippen LogP contribution in [0, 0.1) is 0 Å². The summed E-state index contributed by atoms with van der Waals surface area (Å²) in [6.07, 6.45) is 2.01. The van der Waals surface area contributed by atoms with Crippen LogP contribution in [0.3, 0.4) is 0 Å². The van der Waals surface area contributed by atoms with Gasteiger partial charge in [0.25, 0.3) is 0 Å². The second-order valence-electron chi connectivity index (χ2n) is 5.70. The molecule has 0 unspecified atom stereocenters. The third kappa shape index (κ3) is 2.54. The third-order valence-corrected chi connectivity index (χ3v) is 4.08. The van der Waals surface area contributed by atoms with Gasteiger partial charge in [-0.1, -0.05) is 30.3 Å². The van der Waals surface area contributed by atoms with Gasteiger partial charge in [-0.3, -0.25) is 4.68 Å². The summed E-state index contributed by atoms with van der Waals surface area (Å²) >= 11 is 0. The minimum absolute atomic E-state index is 0.449. The summed E-state index contributed by atoms with van der Waals surface area (Å²) in [5.74, 6) is 1.23. The zero-order valence-corrected chi connectivity index (χ0v) is 13.4. The first kappa shape index (κ1) is 14.5. The molecule has 5 nitrogen and oxygen atoms in total. The number of hydrogen-bond donors (Lipinski definition) is 1. The lowest BCUT2D eigenvalue weighted by atomic mass is 10.1. The maximum Gasteiger partial charge on any atom is 0.152 e. The van der Waals surface area contributed by atoms with Crippen LogP contribution in [0.4, 0.5) is 5.82 Å². The predicted octanol–water partition coefficient (Wildman–Crippen LogP) is 3.77. The number of nitrogens with zero attached hydrogens (tertiary/aromatic N) is 3. The molecule has 0 amide bonds. The van der Waals surface area contributed by atoms with Gasteiger partial charge < -0.3 is 10.5 Å². The minimum atomic E-state index is 0.449. The van der Waals surface area contributed by atoms with E-state index in [9.17, 15) is 0 Å². The summed E-state index contributed by atoms with van der Waals surface area (Å²) in [4.78, 5) is 4.49. The smallest absolute Gasteiger partial charge is 0.152 e. The van der Waals surface area contributed by atoms with Crippen molar-refractivity contribution < 1.29 is 4.74 Å². The fourth-order valence-corrected chi connectivity index (χ4v) is 2.81.